The molecule has 1 aromatic heterocycles. The Labute approximate surface area is 130 Å². The third-order valence-corrected chi connectivity index (χ3v) is 4.16. The summed E-state index contributed by atoms with van der Waals surface area (Å²) in [6.45, 7) is 4.72. The molecule has 6 nitrogen and oxygen atoms in total. The first-order chi connectivity index (χ1) is 10.8. The van der Waals surface area contributed by atoms with E-state index >= 15 is 0 Å². The van der Waals surface area contributed by atoms with Gasteiger partial charge in [0.15, 0.2) is 5.82 Å². The minimum absolute atomic E-state index is 0.275. The number of hydrogen-bond acceptors (Lipinski definition) is 5. The molecule has 0 spiro atoms. The fourth-order valence-electron chi connectivity index (χ4n) is 2.95. The third kappa shape index (κ3) is 2.54. The summed E-state index contributed by atoms with van der Waals surface area (Å²) in [4.78, 5) is 2.24. The normalized spacial score (nSPS) is 18.0. The second kappa shape index (κ2) is 6.36. The Hall–Kier alpha value is -2.08. The van der Waals surface area contributed by atoms with E-state index in [9.17, 15) is 0 Å². The number of aromatic nitrogens is 3. The molecule has 0 unspecified atom stereocenters. The fourth-order valence-corrected chi connectivity index (χ4v) is 2.95. The largest absolute Gasteiger partial charge is 0.496 e. The van der Waals surface area contributed by atoms with Crippen molar-refractivity contribution in [1.29, 1.82) is 0 Å². The molecule has 0 saturated carbocycles. The van der Waals surface area contributed by atoms with Crippen molar-refractivity contribution < 1.29 is 9.47 Å². The Morgan fingerprint density at radius 1 is 1.23 bits per heavy atom. The highest BCUT2D eigenvalue weighted by Crippen LogP contribution is 2.31. The van der Waals surface area contributed by atoms with Gasteiger partial charge in [0.1, 0.15) is 5.75 Å². The Kier molecular flexibility index (Phi) is 4.29. The van der Waals surface area contributed by atoms with Crippen LogP contribution in [0.15, 0.2) is 24.3 Å². The summed E-state index contributed by atoms with van der Waals surface area (Å²) < 4.78 is 13.0. The lowest BCUT2D eigenvalue weighted by molar-refractivity contribution is 0.121. The number of hydrogen-bond donors (Lipinski definition) is 0. The second-order valence-electron chi connectivity index (χ2n) is 5.36. The summed E-state index contributed by atoms with van der Waals surface area (Å²) in [6, 6.07) is 7.91. The number of nitrogens with zero attached hydrogens (tertiary/aromatic N) is 4. The lowest BCUT2D eigenvalue weighted by Gasteiger charge is -2.18. The molecule has 1 aromatic carbocycles. The monoisotopic (exact) mass is 302 g/mol. The van der Waals surface area contributed by atoms with Crippen LogP contribution in [0.25, 0.3) is 11.4 Å². The standard InChI is InChI=1S/C16H22N4O2/c1-4-20-15(13-7-5-6-8-14(13)22-3)17-18-16(20)19-10-9-12(11-19)21-2/h5-8,12H,4,9-11H2,1-3H3/t12-/m0/s1. The van der Waals surface area contributed by atoms with Crippen LogP contribution in [0.4, 0.5) is 5.95 Å². The van der Waals surface area contributed by atoms with Crippen molar-refractivity contribution in [2.45, 2.75) is 26.0 Å². The predicted molar refractivity (Wildman–Crippen MR) is 85.3 cm³/mol. The molecule has 3 rings (SSSR count). The summed E-state index contributed by atoms with van der Waals surface area (Å²) >= 11 is 0. The van der Waals surface area contributed by atoms with E-state index in [0.717, 1.165) is 49.1 Å². The maximum atomic E-state index is 5.45. The Bertz CT molecular complexity index is 641. The number of anilines is 1. The van der Waals surface area contributed by atoms with E-state index in [1.165, 1.54) is 0 Å². The first kappa shape index (κ1) is 14.8. The van der Waals surface area contributed by atoms with Gasteiger partial charge >= 0.3 is 0 Å². The minimum Gasteiger partial charge on any atom is -0.496 e. The zero-order valence-corrected chi connectivity index (χ0v) is 13.3. The second-order valence-corrected chi connectivity index (χ2v) is 5.36. The van der Waals surface area contributed by atoms with Gasteiger partial charge in [0, 0.05) is 26.7 Å². The van der Waals surface area contributed by atoms with E-state index < -0.39 is 0 Å². The topological polar surface area (TPSA) is 52.4 Å². The summed E-state index contributed by atoms with van der Waals surface area (Å²) in [5.41, 5.74) is 0.966. The highest BCUT2D eigenvalue weighted by Gasteiger charge is 2.27. The van der Waals surface area contributed by atoms with Gasteiger partial charge in [-0.15, -0.1) is 10.2 Å². The first-order valence-electron chi connectivity index (χ1n) is 7.62. The molecule has 1 aliphatic rings. The van der Waals surface area contributed by atoms with Gasteiger partial charge < -0.3 is 14.4 Å². The molecule has 0 N–H and O–H groups in total. The average Bonchev–Trinajstić information content (AvgIpc) is 3.20. The molecule has 0 aliphatic carbocycles. The highest BCUT2D eigenvalue weighted by atomic mass is 16.5. The zero-order chi connectivity index (χ0) is 15.5. The van der Waals surface area contributed by atoms with Crippen LogP contribution in [-0.4, -0.2) is 48.2 Å². The van der Waals surface area contributed by atoms with Crippen LogP contribution in [0.2, 0.25) is 0 Å². The SMILES string of the molecule is CCn1c(-c2ccccc2OC)nnc1N1CC[C@H](OC)C1. The van der Waals surface area contributed by atoms with E-state index in [1.807, 2.05) is 24.3 Å². The van der Waals surface area contributed by atoms with Gasteiger partial charge in [-0.05, 0) is 25.5 Å². The van der Waals surface area contributed by atoms with Crippen LogP contribution < -0.4 is 9.64 Å². The van der Waals surface area contributed by atoms with Gasteiger partial charge in [-0.1, -0.05) is 12.1 Å². The Balaban J connectivity index is 1.97. The van der Waals surface area contributed by atoms with E-state index in [4.69, 9.17) is 9.47 Å². The van der Waals surface area contributed by atoms with E-state index in [-0.39, 0.29) is 6.10 Å². The highest BCUT2D eigenvalue weighted by molar-refractivity contribution is 5.65. The number of methoxy groups -OCH3 is 2. The van der Waals surface area contributed by atoms with Crippen molar-refractivity contribution in [2.24, 2.45) is 0 Å². The molecule has 2 heterocycles. The van der Waals surface area contributed by atoms with E-state index in [1.54, 1.807) is 14.2 Å². The smallest absolute Gasteiger partial charge is 0.227 e. The van der Waals surface area contributed by atoms with Crippen molar-refractivity contribution in [3.05, 3.63) is 24.3 Å². The molecule has 2 aromatic rings. The molecule has 1 aliphatic heterocycles. The molecule has 1 fully saturated rings. The molecular weight excluding hydrogens is 280 g/mol. The van der Waals surface area contributed by atoms with Crippen LogP contribution in [-0.2, 0) is 11.3 Å². The molecule has 0 amide bonds. The summed E-state index contributed by atoms with van der Waals surface area (Å²) in [7, 11) is 3.44. The number of ether oxygens (including phenoxy) is 2. The van der Waals surface area contributed by atoms with Crippen LogP contribution in [0.3, 0.4) is 0 Å². The molecule has 0 bridgehead atoms. The summed E-state index contributed by atoms with van der Waals surface area (Å²) in [5, 5.41) is 8.83. The zero-order valence-electron chi connectivity index (χ0n) is 13.3. The summed E-state index contributed by atoms with van der Waals surface area (Å²) in [6.07, 6.45) is 1.30. The van der Waals surface area contributed by atoms with Gasteiger partial charge in [-0.3, -0.25) is 4.57 Å². The lowest BCUT2D eigenvalue weighted by Crippen LogP contribution is -2.25. The Morgan fingerprint density at radius 3 is 2.73 bits per heavy atom. The van der Waals surface area contributed by atoms with Crippen molar-refractivity contribution in [2.75, 3.05) is 32.2 Å². The van der Waals surface area contributed by atoms with Crippen LogP contribution in [0, 0.1) is 0 Å². The quantitative estimate of drug-likeness (QED) is 0.847. The molecular formula is C16H22N4O2. The minimum atomic E-state index is 0.275. The molecule has 0 radical (unpaired) electrons. The third-order valence-electron chi connectivity index (χ3n) is 4.16. The van der Waals surface area contributed by atoms with Gasteiger partial charge in [0.2, 0.25) is 5.95 Å². The average molecular weight is 302 g/mol. The molecule has 1 saturated heterocycles. The summed E-state index contributed by atoms with van der Waals surface area (Å²) in [5.74, 6) is 2.56. The van der Waals surface area contributed by atoms with Gasteiger partial charge in [-0.2, -0.15) is 0 Å². The maximum absolute atomic E-state index is 5.45. The van der Waals surface area contributed by atoms with Crippen LogP contribution in [0.1, 0.15) is 13.3 Å². The van der Waals surface area contributed by atoms with Gasteiger partial charge in [0.05, 0.1) is 18.8 Å². The van der Waals surface area contributed by atoms with E-state index in [0.29, 0.717) is 0 Å². The molecule has 6 heteroatoms. The first-order valence-corrected chi connectivity index (χ1v) is 7.62. The Morgan fingerprint density at radius 2 is 2.05 bits per heavy atom. The van der Waals surface area contributed by atoms with Gasteiger partial charge in [-0.25, -0.2) is 0 Å². The van der Waals surface area contributed by atoms with Crippen molar-refractivity contribution >= 4 is 5.95 Å². The molecule has 118 valence electrons. The van der Waals surface area contributed by atoms with Crippen LogP contribution >= 0.6 is 0 Å². The van der Waals surface area contributed by atoms with Crippen molar-refractivity contribution in [3.63, 3.8) is 0 Å². The van der Waals surface area contributed by atoms with Gasteiger partial charge in [0.25, 0.3) is 0 Å². The molecule has 1 atom stereocenters. The van der Waals surface area contributed by atoms with Crippen molar-refractivity contribution in [3.8, 4) is 17.1 Å². The number of benzene rings is 1. The number of para-hydroxylation sites is 1. The van der Waals surface area contributed by atoms with Crippen molar-refractivity contribution in [1.82, 2.24) is 14.8 Å². The predicted octanol–water partition coefficient (Wildman–Crippen LogP) is 2.20. The fraction of sp³-hybridized carbons (Fsp3) is 0.500. The molecule has 22 heavy (non-hydrogen) atoms. The lowest BCUT2D eigenvalue weighted by atomic mass is 10.2. The van der Waals surface area contributed by atoms with Crippen LogP contribution in [0.5, 0.6) is 5.75 Å². The van der Waals surface area contributed by atoms with E-state index in [2.05, 4.69) is 26.6 Å². The number of rotatable bonds is 5. The maximum Gasteiger partial charge on any atom is 0.227 e.